The van der Waals surface area contributed by atoms with Gasteiger partial charge >= 0.3 is 12.1 Å². The smallest absolute Gasteiger partial charge is 0.407 e. The Balaban J connectivity index is 1.22. The molecule has 4 atom stereocenters. The molecule has 2 aliphatic rings. The van der Waals surface area contributed by atoms with Crippen LogP contribution in [0.4, 0.5) is 4.79 Å². The highest BCUT2D eigenvalue weighted by atomic mass is 16.6. The normalized spacial score (nSPS) is 16.6. The van der Waals surface area contributed by atoms with Crippen LogP contribution in [0.15, 0.2) is 104 Å². The molecular formula is C41H47N3O7. The number of hydrogen-bond acceptors (Lipinski definition) is 7. The lowest BCUT2D eigenvalue weighted by Gasteiger charge is -2.26. The van der Waals surface area contributed by atoms with Gasteiger partial charge in [0.15, 0.2) is 0 Å². The Morgan fingerprint density at radius 3 is 2.24 bits per heavy atom. The van der Waals surface area contributed by atoms with Crippen LogP contribution in [0, 0.1) is 5.92 Å². The van der Waals surface area contributed by atoms with E-state index < -0.39 is 30.1 Å². The van der Waals surface area contributed by atoms with E-state index in [2.05, 4.69) is 35.9 Å². The van der Waals surface area contributed by atoms with Crippen LogP contribution >= 0.6 is 0 Å². The lowest BCUT2D eigenvalue weighted by atomic mass is 9.98. The van der Waals surface area contributed by atoms with Gasteiger partial charge in [-0.1, -0.05) is 91.0 Å². The number of allylic oxidation sites excluding steroid dienone is 2. The number of amides is 3. The Morgan fingerprint density at radius 1 is 0.922 bits per heavy atom. The second-order valence-electron chi connectivity index (χ2n) is 13.0. The second-order valence-corrected chi connectivity index (χ2v) is 13.0. The number of rotatable bonds is 17. The number of carbonyl (C=O) groups excluding carboxylic acids is 4. The molecule has 1 aliphatic carbocycles. The van der Waals surface area contributed by atoms with Crippen molar-refractivity contribution in [3.05, 3.63) is 121 Å². The van der Waals surface area contributed by atoms with Crippen LogP contribution in [0.5, 0.6) is 0 Å². The number of benzene rings is 3. The standard InChI is InChI=1S/C41H47N3O7/c1-3-5-22-36(43-41(49)50-27-35-33-20-11-9-18-31(33)32-19-10-12-21-34(32)35)40(48)51-37(28-15-7-6-8-16-28)25-42-39(47)29(14-4-2)24-38(46)44-23-13-17-30(44)26-45/h3-4,6-12,15-16,18-21,29-30,35-37,45H,1-2,5,13-14,17,22-27H2,(H,42,47)(H,43,49)/t29-,30-,36-,37+/m0/s1. The number of alkyl carbamates (subject to hydrolysis) is 1. The number of nitrogens with one attached hydrogen (secondary N) is 2. The zero-order valence-corrected chi connectivity index (χ0v) is 28.9. The summed E-state index contributed by atoms with van der Waals surface area (Å²) in [7, 11) is 0. The topological polar surface area (TPSA) is 134 Å². The molecule has 3 N–H and O–H groups in total. The van der Waals surface area contributed by atoms with E-state index in [9.17, 15) is 24.3 Å². The van der Waals surface area contributed by atoms with Crippen molar-refractivity contribution in [2.45, 2.75) is 62.6 Å². The van der Waals surface area contributed by atoms with E-state index in [0.29, 0.717) is 18.5 Å². The maximum absolute atomic E-state index is 13.7. The van der Waals surface area contributed by atoms with E-state index in [1.54, 1.807) is 41.3 Å². The van der Waals surface area contributed by atoms with Gasteiger partial charge in [-0.15, -0.1) is 13.2 Å². The lowest BCUT2D eigenvalue weighted by molar-refractivity contribution is -0.152. The predicted molar refractivity (Wildman–Crippen MR) is 194 cm³/mol. The Morgan fingerprint density at radius 2 is 1.59 bits per heavy atom. The molecule has 1 saturated heterocycles. The third kappa shape index (κ3) is 9.32. The minimum Gasteiger partial charge on any atom is -0.454 e. The molecule has 5 rings (SSSR count). The summed E-state index contributed by atoms with van der Waals surface area (Å²) in [5, 5.41) is 15.2. The second kappa shape index (κ2) is 18.1. The Labute approximate surface area is 299 Å². The highest BCUT2D eigenvalue weighted by Gasteiger charge is 2.33. The molecule has 0 saturated carbocycles. The first-order chi connectivity index (χ1) is 24.8. The zero-order valence-electron chi connectivity index (χ0n) is 28.9. The SMILES string of the molecule is C=CCC[C@H](NC(=O)OCC1c2ccccc2-c2ccccc21)C(=O)O[C@H](CNC(=O)[C@@H](CC=C)CC(=O)N1CCC[C@H]1CO)c1ccccc1. The summed E-state index contributed by atoms with van der Waals surface area (Å²) in [5.41, 5.74) is 5.02. The molecule has 1 aliphatic heterocycles. The molecule has 0 spiro atoms. The van der Waals surface area contributed by atoms with Crippen molar-refractivity contribution >= 4 is 23.9 Å². The van der Waals surface area contributed by atoms with Crippen LogP contribution in [0.3, 0.4) is 0 Å². The van der Waals surface area contributed by atoms with E-state index in [1.165, 1.54) is 0 Å². The van der Waals surface area contributed by atoms with Gasteiger partial charge in [-0.2, -0.15) is 0 Å². The first kappa shape index (κ1) is 37.0. The molecule has 268 valence electrons. The number of aliphatic hydroxyl groups is 1. The number of carbonyl (C=O) groups is 4. The van der Waals surface area contributed by atoms with E-state index in [1.807, 2.05) is 42.5 Å². The predicted octanol–water partition coefficient (Wildman–Crippen LogP) is 5.83. The van der Waals surface area contributed by atoms with Crippen LogP contribution in [0.1, 0.15) is 67.2 Å². The zero-order chi connectivity index (χ0) is 36.2. The molecule has 0 bridgehead atoms. The van der Waals surface area contributed by atoms with E-state index in [-0.39, 0.29) is 62.8 Å². The molecule has 51 heavy (non-hydrogen) atoms. The first-order valence-corrected chi connectivity index (χ1v) is 17.6. The maximum Gasteiger partial charge on any atom is 0.407 e. The third-order valence-electron chi connectivity index (χ3n) is 9.62. The van der Waals surface area contributed by atoms with Crippen molar-refractivity contribution in [1.82, 2.24) is 15.5 Å². The van der Waals surface area contributed by atoms with Gasteiger partial charge in [0.1, 0.15) is 18.8 Å². The molecule has 3 aromatic carbocycles. The first-order valence-electron chi connectivity index (χ1n) is 17.6. The lowest BCUT2D eigenvalue weighted by Crippen LogP contribution is -2.44. The van der Waals surface area contributed by atoms with Gasteiger partial charge in [0.05, 0.1) is 25.1 Å². The van der Waals surface area contributed by atoms with E-state index >= 15 is 0 Å². The monoisotopic (exact) mass is 693 g/mol. The number of aliphatic hydroxyl groups excluding tert-OH is 1. The number of ether oxygens (including phenoxy) is 2. The third-order valence-corrected chi connectivity index (χ3v) is 9.62. The molecule has 3 aromatic rings. The van der Waals surface area contributed by atoms with Gasteiger partial charge in [-0.05, 0) is 59.9 Å². The largest absolute Gasteiger partial charge is 0.454 e. The van der Waals surface area contributed by atoms with Gasteiger partial charge in [0.25, 0.3) is 0 Å². The van der Waals surface area contributed by atoms with Crippen molar-refractivity contribution in [2.24, 2.45) is 5.92 Å². The van der Waals surface area contributed by atoms with Crippen molar-refractivity contribution in [3.8, 4) is 11.1 Å². The van der Waals surface area contributed by atoms with Crippen LogP contribution < -0.4 is 10.6 Å². The van der Waals surface area contributed by atoms with Crippen LogP contribution in [-0.4, -0.2) is 72.3 Å². The molecule has 0 aromatic heterocycles. The number of nitrogens with zero attached hydrogens (tertiary/aromatic N) is 1. The summed E-state index contributed by atoms with van der Waals surface area (Å²) in [6, 6.07) is 23.8. The minimum absolute atomic E-state index is 0.0299. The fourth-order valence-electron chi connectivity index (χ4n) is 6.94. The summed E-state index contributed by atoms with van der Waals surface area (Å²) >= 11 is 0. The van der Waals surface area contributed by atoms with Gasteiger partial charge in [-0.3, -0.25) is 9.59 Å². The van der Waals surface area contributed by atoms with Crippen LogP contribution in [0.2, 0.25) is 0 Å². The van der Waals surface area contributed by atoms with Gasteiger partial charge in [0.2, 0.25) is 11.8 Å². The number of hydrogen-bond donors (Lipinski definition) is 3. The molecule has 1 fully saturated rings. The molecule has 1 heterocycles. The van der Waals surface area contributed by atoms with E-state index in [4.69, 9.17) is 9.47 Å². The summed E-state index contributed by atoms with van der Waals surface area (Å²) in [6.07, 6.45) is 4.08. The van der Waals surface area contributed by atoms with E-state index in [0.717, 1.165) is 35.1 Å². The summed E-state index contributed by atoms with van der Waals surface area (Å²) < 4.78 is 11.7. The number of likely N-dealkylation sites (tertiary alicyclic amines) is 1. The summed E-state index contributed by atoms with van der Waals surface area (Å²) in [5.74, 6) is -2.07. The minimum atomic E-state index is -1.04. The Kier molecular flexibility index (Phi) is 13.2. The number of esters is 1. The molecule has 0 radical (unpaired) electrons. The molecule has 10 nitrogen and oxygen atoms in total. The van der Waals surface area contributed by atoms with Crippen LogP contribution in [-0.2, 0) is 23.9 Å². The fourth-order valence-corrected chi connectivity index (χ4v) is 6.94. The Bertz CT molecular complexity index is 1650. The van der Waals surface area contributed by atoms with Crippen LogP contribution in [0.25, 0.3) is 11.1 Å². The number of fused-ring (bicyclic) bond motifs is 3. The molecule has 0 unspecified atom stereocenters. The van der Waals surface area contributed by atoms with Crippen molar-refractivity contribution in [2.75, 3.05) is 26.3 Å². The average molecular weight is 694 g/mol. The van der Waals surface area contributed by atoms with Crippen molar-refractivity contribution in [3.63, 3.8) is 0 Å². The summed E-state index contributed by atoms with van der Waals surface area (Å²) in [4.78, 5) is 54.9. The molecular weight excluding hydrogens is 646 g/mol. The van der Waals surface area contributed by atoms with Gasteiger partial charge < -0.3 is 30.1 Å². The highest BCUT2D eigenvalue weighted by molar-refractivity contribution is 5.86. The van der Waals surface area contributed by atoms with Gasteiger partial charge in [-0.25, -0.2) is 9.59 Å². The average Bonchev–Trinajstić information content (AvgIpc) is 3.77. The highest BCUT2D eigenvalue weighted by Crippen LogP contribution is 2.44. The quantitative estimate of drug-likeness (QED) is 0.120. The molecule has 10 heteroatoms. The maximum atomic E-state index is 13.7. The van der Waals surface area contributed by atoms with Gasteiger partial charge in [0, 0.05) is 18.9 Å². The van der Waals surface area contributed by atoms with Crippen molar-refractivity contribution in [1.29, 1.82) is 0 Å². The summed E-state index contributed by atoms with van der Waals surface area (Å²) in [6.45, 7) is 7.99. The van der Waals surface area contributed by atoms with Crippen molar-refractivity contribution < 1.29 is 33.8 Å². The fraction of sp³-hybridized carbons (Fsp3) is 0.366. The Hall–Kier alpha value is -5.22. The molecule has 3 amide bonds.